The molecule has 1 saturated carbocycles. The number of para-hydroxylation sites is 1. The maximum absolute atomic E-state index is 14.0. The molecule has 1 unspecified atom stereocenters. The first kappa shape index (κ1) is 29.5. The van der Waals surface area contributed by atoms with Gasteiger partial charge in [-0.25, -0.2) is 9.18 Å². The van der Waals surface area contributed by atoms with E-state index in [1.807, 2.05) is 44.2 Å². The van der Waals surface area contributed by atoms with Gasteiger partial charge in [0, 0.05) is 47.0 Å². The Morgan fingerprint density at radius 1 is 1.15 bits per heavy atom. The number of fused-ring (bicyclic) bond motifs is 2. The number of rotatable bonds is 8. The summed E-state index contributed by atoms with van der Waals surface area (Å²) in [5, 5.41) is 19.4. The first-order valence-corrected chi connectivity index (χ1v) is 13.4. The summed E-state index contributed by atoms with van der Waals surface area (Å²) >= 11 is 0. The third-order valence-corrected chi connectivity index (χ3v) is 7.38. The summed E-state index contributed by atoms with van der Waals surface area (Å²) in [6, 6.07) is 10.2. The highest BCUT2D eigenvalue weighted by Gasteiger charge is 2.29. The first-order chi connectivity index (χ1) is 19.1. The molecule has 40 heavy (non-hydrogen) atoms. The standard InChI is InChI=1S/C21H28F3NO3.C9H7NO2/c1-13(2)19(26)12-27-16-7-5-15(6-8-16)25-9-3-4-14-10-17(22)20(11-18(14)25)28-21(23)24;11-9(12)7-5-10-8-4-2-1-3-6(7)8/h3-4,10-11,13,15-16,19,21,26H,5-9,12H2,1-2H3;1-5,10H,(H,11,12). The van der Waals surface area contributed by atoms with Crippen molar-refractivity contribution < 1.29 is 37.7 Å². The average Bonchev–Trinajstić information content (AvgIpc) is 3.37. The number of ether oxygens (including phenoxy) is 2. The van der Waals surface area contributed by atoms with Crippen LogP contribution in [0.5, 0.6) is 5.75 Å². The monoisotopic (exact) mass is 560 g/mol. The third-order valence-electron chi connectivity index (χ3n) is 7.38. The molecular weight excluding hydrogens is 525 g/mol. The van der Waals surface area contributed by atoms with E-state index in [0.29, 0.717) is 24.3 Å². The van der Waals surface area contributed by atoms with E-state index in [2.05, 4.69) is 14.6 Å². The molecule has 2 heterocycles. The normalized spacial score (nSPS) is 19.4. The van der Waals surface area contributed by atoms with E-state index >= 15 is 0 Å². The van der Waals surface area contributed by atoms with Crippen LogP contribution in [0.15, 0.2) is 48.7 Å². The maximum Gasteiger partial charge on any atom is 0.387 e. The Bertz CT molecular complexity index is 1320. The van der Waals surface area contributed by atoms with E-state index in [0.717, 1.165) is 42.3 Å². The van der Waals surface area contributed by atoms with Crippen LogP contribution in [-0.2, 0) is 4.74 Å². The molecule has 2 aliphatic rings. The van der Waals surface area contributed by atoms with Gasteiger partial charge in [-0.1, -0.05) is 44.2 Å². The lowest BCUT2D eigenvalue weighted by Crippen LogP contribution is -2.41. The summed E-state index contributed by atoms with van der Waals surface area (Å²) in [7, 11) is 0. The van der Waals surface area contributed by atoms with Crippen LogP contribution in [0.25, 0.3) is 17.0 Å². The highest BCUT2D eigenvalue weighted by atomic mass is 19.3. The van der Waals surface area contributed by atoms with Crippen molar-refractivity contribution in [3.63, 3.8) is 0 Å². The fourth-order valence-corrected chi connectivity index (χ4v) is 5.06. The van der Waals surface area contributed by atoms with E-state index in [-0.39, 0.29) is 18.1 Å². The Labute approximate surface area is 231 Å². The number of anilines is 1. The number of aliphatic hydroxyl groups is 1. The molecule has 1 aromatic heterocycles. The van der Waals surface area contributed by atoms with E-state index < -0.39 is 30.3 Å². The van der Waals surface area contributed by atoms with Crippen molar-refractivity contribution in [1.82, 2.24) is 4.98 Å². The summed E-state index contributed by atoms with van der Waals surface area (Å²) in [6.45, 7) is 1.85. The molecule has 3 aromatic rings. The first-order valence-electron chi connectivity index (χ1n) is 13.4. The minimum Gasteiger partial charge on any atom is -0.478 e. The fraction of sp³-hybridized carbons (Fsp3) is 0.433. The minimum atomic E-state index is -3.06. The van der Waals surface area contributed by atoms with Gasteiger partial charge in [-0.15, -0.1) is 0 Å². The van der Waals surface area contributed by atoms with Crippen LogP contribution in [0, 0.1) is 11.7 Å². The van der Waals surface area contributed by atoms with Crippen molar-refractivity contribution in [2.24, 2.45) is 5.92 Å². The number of H-pyrrole nitrogens is 1. The third kappa shape index (κ3) is 7.17. The topological polar surface area (TPSA) is 95.0 Å². The van der Waals surface area contributed by atoms with E-state index in [1.165, 1.54) is 18.3 Å². The van der Waals surface area contributed by atoms with Crippen molar-refractivity contribution in [3.8, 4) is 5.75 Å². The van der Waals surface area contributed by atoms with Crippen LogP contribution in [-0.4, -0.2) is 59.2 Å². The molecule has 0 spiro atoms. The van der Waals surface area contributed by atoms with Gasteiger partial charge in [0.25, 0.3) is 0 Å². The Hall–Kier alpha value is -3.50. The van der Waals surface area contributed by atoms with Crippen LogP contribution in [0.1, 0.15) is 55.5 Å². The summed E-state index contributed by atoms with van der Waals surface area (Å²) in [4.78, 5) is 15.7. The highest BCUT2D eigenvalue weighted by molar-refractivity contribution is 6.03. The number of carboxylic acids is 1. The number of nitrogens with zero attached hydrogens (tertiary/aromatic N) is 1. The summed E-state index contributed by atoms with van der Waals surface area (Å²) < 4.78 is 49.3. The molecule has 0 amide bonds. The number of nitrogens with one attached hydrogen (secondary N) is 1. The number of aromatic carboxylic acids is 1. The van der Waals surface area contributed by atoms with Crippen molar-refractivity contribution in [1.29, 1.82) is 0 Å². The molecule has 1 aliphatic carbocycles. The van der Waals surface area contributed by atoms with Gasteiger partial charge in [-0.2, -0.15) is 8.78 Å². The number of benzene rings is 2. The zero-order valence-corrected chi connectivity index (χ0v) is 22.5. The number of hydrogen-bond donors (Lipinski definition) is 3. The SMILES string of the molecule is CC(C)C(O)COC1CCC(N2CC=Cc3cc(F)c(OC(F)F)cc32)CC1.O=C(O)c1c[nH]c2ccccc12. The molecule has 0 bridgehead atoms. The Morgan fingerprint density at radius 2 is 1.88 bits per heavy atom. The zero-order valence-electron chi connectivity index (χ0n) is 22.5. The average molecular weight is 561 g/mol. The molecular formula is C30H35F3N2O5. The quantitative estimate of drug-likeness (QED) is 0.292. The molecule has 1 atom stereocenters. The summed E-state index contributed by atoms with van der Waals surface area (Å²) in [5.41, 5.74) is 2.57. The molecule has 3 N–H and O–H groups in total. The molecule has 1 aliphatic heterocycles. The van der Waals surface area contributed by atoms with Gasteiger partial charge in [-0.3, -0.25) is 0 Å². The minimum absolute atomic E-state index is 0.121. The highest BCUT2D eigenvalue weighted by Crippen LogP contribution is 2.37. The molecule has 216 valence electrons. The molecule has 5 rings (SSSR count). The Kier molecular flexibility index (Phi) is 9.76. The maximum atomic E-state index is 14.0. The molecule has 1 fully saturated rings. The van der Waals surface area contributed by atoms with Crippen LogP contribution in [0.3, 0.4) is 0 Å². The van der Waals surface area contributed by atoms with Gasteiger partial charge in [0.2, 0.25) is 0 Å². The number of alkyl halides is 2. The number of hydrogen-bond acceptors (Lipinski definition) is 5. The second kappa shape index (κ2) is 13.2. The van der Waals surface area contributed by atoms with Gasteiger partial charge in [0.05, 0.1) is 24.4 Å². The molecule has 0 saturated heterocycles. The molecule has 0 radical (unpaired) electrons. The van der Waals surface area contributed by atoms with Crippen LogP contribution < -0.4 is 9.64 Å². The van der Waals surface area contributed by atoms with Crippen molar-refractivity contribution >= 4 is 28.6 Å². The number of aromatic nitrogens is 1. The summed E-state index contributed by atoms with van der Waals surface area (Å²) in [6.07, 6.45) is 8.44. The number of aromatic amines is 1. The Morgan fingerprint density at radius 3 is 2.55 bits per heavy atom. The van der Waals surface area contributed by atoms with E-state index in [1.54, 1.807) is 6.07 Å². The lowest BCUT2D eigenvalue weighted by atomic mass is 9.90. The van der Waals surface area contributed by atoms with Gasteiger partial charge in [-0.05, 0) is 43.7 Å². The lowest BCUT2D eigenvalue weighted by Gasteiger charge is -2.40. The molecule has 2 aromatic carbocycles. The van der Waals surface area contributed by atoms with Gasteiger partial charge < -0.3 is 29.6 Å². The van der Waals surface area contributed by atoms with Crippen LogP contribution in [0.4, 0.5) is 18.9 Å². The molecule has 10 heteroatoms. The van der Waals surface area contributed by atoms with Crippen molar-refractivity contribution in [2.45, 2.75) is 64.4 Å². The number of aliphatic hydroxyl groups excluding tert-OH is 1. The second-order valence-electron chi connectivity index (χ2n) is 10.4. The van der Waals surface area contributed by atoms with Gasteiger partial charge >= 0.3 is 12.6 Å². The number of carbonyl (C=O) groups is 1. The van der Waals surface area contributed by atoms with Crippen molar-refractivity contribution in [3.05, 3.63) is 65.6 Å². The van der Waals surface area contributed by atoms with Gasteiger partial charge in [0.1, 0.15) is 0 Å². The summed E-state index contributed by atoms with van der Waals surface area (Å²) in [5.74, 6) is -1.94. The largest absolute Gasteiger partial charge is 0.478 e. The number of carboxylic acid groups (broad SMARTS) is 1. The van der Waals surface area contributed by atoms with Crippen LogP contribution >= 0.6 is 0 Å². The van der Waals surface area contributed by atoms with Gasteiger partial charge in [0.15, 0.2) is 11.6 Å². The predicted octanol–water partition coefficient (Wildman–Crippen LogP) is 6.47. The molecule has 7 nitrogen and oxygen atoms in total. The van der Waals surface area contributed by atoms with Crippen molar-refractivity contribution in [2.75, 3.05) is 18.1 Å². The zero-order chi connectivity index (χ0) is 28.8. The Balaban J connectivity index is 0.000000255. The number of halogens is 3. The van der Waals surface area contributed by atoms with E-state index in [4.69, 9.17) is 9.84 Å². The lowest BCUT2D eigenvalue weighted by molar-refractivity contribution is -0.0521. The van der Waals surface area contributed by atoms with Crippen LogP contribution in [0.2, 0.25) is 0 Å². The fourth-order valence-electron chi connectivity index (χ4n) is 5.06. The second-order valence-corrected chi connectivity index (χ2v) is 10.4. The van der Waals surface area contributed by atoms with E-state index in [9.17, 15) is 23.1 Å². The smallest absolute Gasteiger partial charge is 0.387 e. The predicted molar refractivity (Wildman–Crippen MR) is 148 cm³/mol.